The number of thiazole rings is 1. The van der Waals surface area contributed by atoms with E-state index in [0.29, 0.717) is 38.1 Å². The molecule has 1 saturated heterocycles. The van der Waals surface area contributed by atoms with Crippen molar-refractivity contribution in [2.45, 2.75) is 23.5 Å². The summed E-state index contributed by atoms with van der Waals surface area (Å²) in [7, 11) is -6.64. The first-order valence-corrected chi connectivity index (χ1v) is 15.5. The van der Waals surface area contributed by atoms with Gasteiger partial charge in [0.15, 0.2) is 24.8 Å². The van der Waals surface area contributed by atoms with Crippen LogP contribution in [-0.2, 0) is 30.2 Å². The van der Waals surface area contributed by atoms with E-state index in [4.69, 9.17) is 0 Å². The summed E-state index contributed by atoms with van der Waals surface area (Å²) in [6.07, 6.45) is 1.69. The SMILES string of the molecule is CS(=O)(=O)c1cccc2sc(N3CCN(C(=O)CCCS(=O)(=O)Cc4ccccc4)CC3)nc12. The Bertz CT molecular complexity index is 1380. The first kappa shape index (κ1) is 24.6. The number of hydrogen-bond acceptors (Lipinski definition) is 8. The molecule has 1 aromatic heterocycles. The second kappa shape index (κ2) is 10.0. The van der Waals surface area contributed by atoms with E-state index in [0.717, 1.165) is 15.4 Å². The Hall–Kier alpha value is -2.50. The molecular formula is C23H27N3O5S3. The summed E-state index contributed by atoms with van der Waals surface area (Å²) in [5.74, 6) is -0.0652. The molecule has 182 valence electrons. The van der Waals surface area contributed by atoms with E-state index < -0.39 is 19.7 Å². The van der Waals surface area contributed by atoms with Gasteiger partial charge in [0, 0.05) is 38.9 Å². The number of amides is 1. The summed E-state index contributed by atoms with van der Waals surface area (Å²) < 4.78 is 49.6. The van der Waals surface area contributed by atoms with Gasteiger partial charge in [-0.3, -0.25) is 4.79 Å². The highest BCUT2D eigenvalue weighted by molar-refractivity contribution is 7.91. The number of anilines is 1. The zero-order valence-electron chi connectivity index (χ0n) is 18.9. The Morgan fingerprint density at radius 2 is 1.68 bits per heavy atom. The average Bonchev–Trinajstić information content (AvgIpc) is 3.23. The summed E-state index contributed by atoms with van der Waals surface area (Å²) in [5.41, 5.74) is 1.24. The standard InChI is InChI=1S/C23H27N3O5S3/c1-33(28,29)20-10-5-9-19-22(20)24-23(32-19)26-14-12-25(13-15-26)21(27)11-6-16-34(30,31)17-18-7-3-2-4-8-18/h2-5,7-10H,6,11-17H2,1H3. The van der Waals surface area contributed by atoms with E-state index in [2.05, 4.69) is 9.88 Å². The molecule has 0 aliphatic carbocycles. The molecule has 1 aliphatic heterocycles. The van der Waals surface area contributed by atoms with Crippen molar-refractivity contribution >= 4 is 52.3 Å². The monoisotopic (exact) mass is 521 g/mol. The lowest BCUT2D eigenvalue weighted by atomic mass is 10.2. The smallest absolute Gasteiger partial charge is 0.222 e. The number of para-hydroxylation sites is 1. The van der Waals surface area contributed by atoms with Gasteiger partial charge < -0.3 is 9.80 Å². The van der Waals surface area contributed by atoms with Crippen LogP contribution in [0.15, 0.2) is 53.4 Å². The Labute approximate surface area is 204 Å². The predicted molar refractivity (Wildman–Crippen MR) is 135 cm³/mol. The highest BCUT2D eigenvalue weighted by atomic mass is 32.2. The first-order chi connectivity index (χ1) is 16.1. The fraction of sp³-hybridized carbons (Fsp3) is 0.391. The lowest BCUT2D eigenvalue weighted by molar-refractivity contribution is -0.131. The van der Waals surface area contributed by atoms with Crippen molar-refractivity contribution in [1.29, 1.82) is 0 Å². The Morgan fingerprint density at radius 1 is 0.971 bits per heavy atom. The maximum atomic E-state index is 12.6. The number of sulfone groups is 2. The zero-order valence-corrected chi connectivity index (χ0v) is 21.3. The molecule has 1 fully saturated rings. The van der Waals surface area contributed by atoms with Crippen LogP contribution in [-0.4, -0.2) is 70.8 Å². The number of aromatic nitrogens is 1. The molecule has 0 unspecified atom stereocenters. The summed E-state index contributed by atoms with van der Waals surface area (Å²) in [5, 5.41) is 0.741. The quantitative estimate of drug-likeness (QED) is 0.449. The summed E-state index contributed by atoms with van der Waals surface area (Å²) in [6.45, 7) is 2.22. The molecule has 0 atom stereocenters. The molecule has 1 aliphatic rings. The molecule has 1 amide bonds. The number of benzene rings is 2. The van der Waals surface area contributed by atoms with Crippen LogP contribution < -0.4 is 4.90 Å². The third-order valence-electron chi connectivity index (χ3n) is 5.75. The molecule has 4 rings (SSSR count). The average molecular weight is 522 g/mol. The molecule has 11 heteroatoms. The minimum Gasteiger partial charge on any atom is -0.345 e. The first-order valence-electron chi connectivity index (χ1n) is 11.0. The van der Waals surface area contributed by atoms with Crippen LogP contribution in [0, 0.1) is 0 Å². The number of carbonyl (C=O) groups excluding carboxylic acids is 1. The van der Waals surface area contributed by atoms with Gasteiger partial charge in [0.1, 0.15) is 5.52 Å². The van der Waals surface area contributed by atoms with E-state index in [9.17, 15) is 21.6 Å². The van der Waals surface area contributed by atoms with Gasteiger partial charge in [-0.2, -0.15) is 0 Å². The lowest BCUT2D eigenvalue weighted by Gasteiger charge is -2.34. The molecule has 0 radical (unpaired) electrons. The molecule has 0 spiro atoms. The van der Waals surface area contributed by atoms with Crippen molar-refractivity contribution in [3.8, 4) is 0 Å². The van der Waals surface area contributed by atoms with E-state index in [1.807, 2.05) is 24.3 Å². The van der Waals surface area contributed by atoms with Crippen LogP contribution in [0.5, 0.6) is 0 Å². The summed E-state index contributed by atoms with van der Waals surface area (Å²) in [6, 6.07) is 14.2. The summed E-state index contributed by atoms with van der Waals surface area (Å²) in [4.78, 5) is 21.2. The fourth-order valence-electron chi connectivity index (χ4n) is 3.99. The minimum atomic E-state index is -3.37. The second-order valence-corrected chi connectivity index (χ2v) is 13.6. The van der Waals surface area contributed by atoms with Crippen molar-refractivity contribution in [1.82, 2.24) is 9.88 Å². The maximum Gasteiger partial charge on any atom is 0.222 e. The van der Waals surface area contributed by atoms with Crippen molar-refractivity contribution in [2.24, 2.45) is 0 Å². The number of carbonyl (C=O) groups is 1. The van der Waals surface area contributed by atoms with Gasteiger partial charge in [-0.1, -0.05) is 47.7 Å². The third kappa shape index (κ3) is 5.94. The van der Waals surface area contributed by atoms with Gasteiger partial charge in [-0.05, 0) is 24.1 Å². The highest BCUT2D eigenvalue weighted by Crippen LogP contribution is 2.33. The minimum absolute atomic E-state index is 0.0100. The van der Waals surface area contributed by atoms with Crippen molar-refractivity contribution in [2.75, 3.05) is 43.1 Å². The van der Waals surface area contributed by atoms with E-state index >= 15 is 0 Å². The number of fused-ring (bicyclic) bond motifs is 1. The molecule has 3 aromatic rings. The van der Waals surface area contributed by atoms with Crippen LogP contribution in [0.1, 0.15) is 18.4 Å². The maximum absolute atomic E-state index is 12.6. The molecule has 0 N–H and O–H groups in total. The van der Waals surface area contributed by atoms with Gasteiger partial charge in [-0.25, -0.2) is 21.8 Å². The Balaban J connectivity index is 1.29. The number of piperazine rings is 1. The van der Waals surface area contributed by atoms with Gasteiger partial charge in [0.05, 0.1) is 21.1 Å². The molecule has 0 bridgehead atoms. The zero-order chi connectivity index (χ0) is 24.3. The van der Waals surface area contributed by atoms with Crippen LogP contribution >= 0.6 is 11.3 Å². The number of rotatable bonds is 8. The predicted octanol–water partition coefficient (Wildman–Crippen LogP) is 2.74. The van der Waals surface area contributed by atoms with E-state index in [-0.39, 0.29) is 28.7 Å². The van der Waals surface area contributed by atoms with Crippen LogP contribution in [0.2, 0.25) is 0 Å². The summed E-state index contributed by atoms with van der Waals surface area (Å²) >= 11 is 1.44. The van der Waals surface area contributed by atoms with E-state index in [1.54, 1.807) is 29.2 Å². The van der Waals surface area contributed by atoms with Crippen LogP contribution in [0.3, 0.4) is 0 Å². The van der Waals surface area contributed by atoms with Crippen molar-refractivity contribution in [3.05, 3.63) is 54.1 Å². The van der Waals surface area contributed by atoms with Gasteiger partial charge >= 0.3 is 0 Å². The molecule has 2 aromatic carbocycles. The Kier molecular flexibility index (Phi) is 7.25. The number of hydrogen-bond donors (Lipinski definition) is 0. The van der Waals surface area contributed by atoms with Gasteiger partial charge in [-0.15, -0.1) is 0 Å². The highest BCUT2D eigenvalue weighted by Gasteiger charge is 2.24. The molecular weight excluding hydrogens is 494 g/mol. The van der Waals surface area contributed by atoms with Gasteiger partial charge in [0.2, 0.25) is 5.91 Å². The number of nitrogens with zero attached hydrogens (tertiary/aromatic N) is 3. The topological polar surface area (TPSA) is 105 Å². The normalized spacial score (nSPS) is 15.1. The molecule has 0 saturated carbocycles. The Morgan fingerprint density at radius 3 is 2.35 bits per heavy atom. The van der Waals surface area contributed by atoms with Crippen molar-refractivity contribution in [3.63, 3.8) is 0 Å². The lowest BCUT2D eigenvalue weighted by Crippen LogP contribution is -2.48. The van der Waals surface area contributed by atoms with Crippen LogP contribution in [0.25, 0.3) is 10.2 Å². The molecule has 34 heavy (non-hydrogen) atoms. The molecule has 8 nitrogen and oxygen atoms in total. The van der Waals surface area contributed by atoms with Crippen LogP contribution in [0.4, 0.5) is 5.13 Å². The van der Waals surface area contributed by atoms with Crippen molar-refractivity contribution < 1.29 is 21.6 Å². The molecule has 2 heterocycles. The van der Waals surface area contributed by atoms with Gasteiger partial charge in [0.25, 0.3) is 0 Å². The second-order valence-electron chi connectivity index (χ2n) is 8.42. The fourth-order valence-corrected chi connectivity index (χ4v) is 7.37. The van der Waals surface area contributed by atoms with E-state index in [1.165, 1.54) is 17.6 Å². The third-order valence-corrected chi connectivity index (χ3v) is 9.64. The largest absolute Gasteiger partial charge is 0.345 e.